The SMILES string of the molecule is CCCc1nc(C(C)C)c2cc(Cl)n(C)c2n1. The maximum absolute atomic E-state index is 6.15. The standard InChI is InChI=1S/C13H18ClN3/c1-5-6-11-15-12(8(2)3)9-7-10(14)17(4)13(9)16-11/h7-8H,5-6H2,1-4H3. The molecular weight excluding hydrogens is 234 g/mol. The van der Waals surface area contributed by atoms with Crippen LogP contribution in [0.1, 0.15) is 44.6 Å². The zero-order valence-electron chi connectivity index (χ0n) is 10.8. The number of rotatable bonds is 3. The fourth-order valence-corrected chi connectivity index (χ4v) is 2.20. The van der Waals surface area contributed by atoms with E-state index < -0.39 is 0 Å². The Balaban J connectivity index is 2.72. The summed E-state index contributed by atoms with van der Waals surface area (Å²) in [7, 11) is 1.94. The molecule has 0 saturated carbocycles. The smallest absolute Gasteiger partial charge is 0.144 e. The van der Waals surface area contributed by atoms with Gasteiger partial charge in [0.25, 0.3) is 0 Å². The first-order valence-electron chi connectivity index (χ1n) is 6.06. The topological polar surface area (TPSA) is 30.7 Å². The van der Waals surface area contributed by atoms with E-state index in [1.165, 1.54) is 0 Å². The fourth-order valence-electron chi connectivity index (χ4n) is 2.01. The van der Waals surface area contributed by atoms with Crippen LogP contribution in [0.15, 0.2) is 6.07 Å². The maximum atomic E-state index is 6.15. The van der Waals surface area contributed by atoms with E-state index in [4.69, 9.17) is 11.6 Å². The molecule has 0 saturated heterocycles. The van der Waals surface area contributed by atoms with Gasteiger partial charge in [-0.1, -0.05) is 32.4 Å². The van der Waals surface area contributed by atoms with E-state index in [0.29, 0.717) is 11.1 Å². The van der Waals surface area contributed by atoms with Gasteiger partial charge in [0.05, 0.1) is 5.69 Å². The van der Waals surface area contributed by atoms with Gasteiger partial charge in [-0.3, -0.25) is 0 Å². The lowest BCUT2D eigenvalue weighted by atomic mass is 10.1. The number of aromatic nitrogens is 3. The van der Waals surface area contributed by atoms with Crippen LogP contribution in [0.3, 0.4) is 0 Å². The van der Waals surface area contributed by atoms with Crippen LogP contribution in [-0.4, -0.2) is 14.5 Å². The minimum Gasteiger partial charge on any atom is -0.319 e. The molecule has 2 rings (SSSR count). The molecule has 3 nitrogen and oxygen atoms in total. The number of nitrogens with zero attached hydrogens (tertiary/aromatic N) is 3. The van der Waals surface area contributed by atoms with Crippen LogP contribution < -0.4 is 0 Å². The molecule has 0 aliphatic rings. The second-order valence-electron chi connectivity index (χ2n) is 4.69. The van der Waals surface area contributed by atoms with Crippen molar-refractivity contribution >= 4 is 22.6 Å². The normalized spacial score (nSPS) is 11.6. The Hall–Kier alpha value is -1.09. The minimum absolute atomic E-state index is 0.384. The van der Waals surface area contributed by atoms with Gasteiger partial charge in [0, 0.05) is 18.9 Å². The number of fused-ring (bicyclic) bond motifs is 1. The van der Waals surface area contributed by atoms with Crippen molar-refractivity contribution in [3.8, 4) is 0 Å². The summed E-state index contributed by atoms with van der Waals surface area (Å²) in [4.78, 5) is 9.26. The van der Waals surface area contributed by atoms with E-state index in [0.717, 1.165) is 35.4 Å². The van der Waals surface area contributed by atoms with Crippen LogP contribution in [0.5, 0.6) is 0 Å². The van der Waals surface area contributed by atoms with Gasteiger partial charge in [-0.25, -0.2) is 9.97 Å². The van der Waals surface area contributed by atoms with E-state index in [1.54, 1.807) is 0 Å². The van der Waals surface area contributed by atoms with Crippen molar-refractivity contribution in [3.05, 3.63) is 22.7 Å². The quantitative estimate of drug-likeness (QED) is 0.833. The molecule has 0 aliphatic carbocycles. The predicted molar refractivity (Wildman–Crippen MR) is 71.6 cm³/mol. The van der Waals surface area contributed by atoms with Gasteiger partial charge in [0.1, 0.15) is 16.6 Å². The van der Waals surface area contributed by atoms with E-state index in [1.807, 2.05) is 17.7 Å². The zero-order valence-corrected chi connectivity index (χ0v) is 11.5. The molecule has 0 N–H and O–H groups in total. The summed E-state index contributed by atoms with van der Waals surface area (Å²) < 4.78 is 1.92. The van der Waals surface area contributed by atoms with Gasteiger partial charge in [-0.05, 0) is 18.4 Å². The van der Waals surface area contributed by atoms with Crippen molar-refractivity contribution in [1.29, 1.82) is 0 Å². The van der Waals surface area contributed by atoms with E-state index in [-0.39, 0.29) is 0 Å². The van der Waals surface area contributed by atoms with Gasteiger partial charge < -0.3 is 4.57 Å². The third-order valence-electron chi connectivity index (χ3n) is 2.92. The van der Waals surface area contributed by atoms with Crippen molar-refractivity contribution in [2.45, 2.75) is 39.5 Å². The van der Waals surface area contributed by atoms with Gasteiger partial charge in [0.15, 0.2) is 0 Å². The predicted octanol–water partition coefficient (Wildman–Crippen LogP) is 3.70. The van der Waals surface area contributed by atoms with E-state index in [2.05, 4.69) is 30.7 Å². The second-order valence-corrected chi connectivity index (χ2v) is 5.08. The maximum Gasteiger partial charge on any atom is 0.144 e. The molecule has 2 aromatic heterocycles. The summed E-state index contributed by atoms with van der Waals surface area (Å²) in [5.41, 5.74) is 2.04. The number of hydrogen-bond acceptors (Lipinski definition) is 2. The Bertz CT molecular complexity index is 543. The largest absolute Gasteiger partial charge is 0.319 e. The highest BCUT2D eigenvalue weighted by Crippen LogP contribution is 2.27. The van der Waals surface area contributed by atoms with Crippen molar-refractivity contribution < 1.29 is 0 Å². The molecule has 0 spiro atoms. The summed E-state index contributed by atoms with van der Waals surface area (Å²) in [6.07, 6.45) is 1.97. The lowest BCUT2D eigenvalue weighted by molar-refractivity contribution is 0.773. The molecule has 0 atom stereocenters. The van der Waals surface area contributed by atoms with Gasteiger partial charge in [-0.15, -0.1) is 0 Å². The van der Waals surface area contributed by atoms with Crippen molar-refractivity contribution in [2.24, 2.45) is 7.05 Å². The minimum atomic E-state index is 0.384. The first kappa shape index (κ1) is 12.4. The van der Waals surface area contributed by atoms with Crippen molar-refractivity contribution in [2.75, 3.05) is 0 Å². The summed E-state index contributed by atoms with van der Waals surface area (Å²) in [5.74, 6) is 1.30. The highest BCUT2D eigenvalue weighted by molar-refractivity contribution is 6.30. The third-order valence-corrected chi connectivity index (χ3v) is 3.29. The highest BCUT2D eigenvalue weighted by atomic mass is 35.5. The molecule has 17 heavy (non-hydrogen) atoms. The monoisotopic (exact) mass is 251 g/mol. The molecule has 0 unspecified atom stereocenters. The molecule has 0 fully saturated rings. The molecule has 92 valence electrons. The average molecular weight is 252 g/mol. The van der Waals surface area contributed by atoms with Crippen LogP contribution in [0.25, 0.3) is 11.0 Å². The Morgan fingerprint density at radius 3 is 2.65 bits per heavy atom. The first-order chi connectivity index (χ1) is 8.04. The molecule has 0 aliphatic heterocycles. The second kappa shape index (κ2) is 4.65. The molecule has 0 amide bonds. The molecule has 2 aromatic rings. The first-order valence-corrected chi connectivity index (χ1v) is 6.44. The molecule has 0 bridgehead atoms. The van der Waals surface area contributed by atoms with Gasteiger partial charge in [0.2, 0.25) is 0 Å². The average Bonchev–Trinajstić information content (AvgIpc) is 2.55. The van der Waals surface area contributed by atoms with Crippen molar-refractivity contribution in [3.63, 3.8) is 0 Å². The Labute approximate surface area is 107 Å². The zero-order chi connectivity index (χ0) is 12.6. The molecule has 0 aromatic carbocycles. The van der Waals surface area contributed by atoms with Crippen LogP contribution in [0.4, 0.5) is 0 Å². The third kappa shape index (κ3) is 2.16. The molecule has 4 heteroatoms. The van der Waals surface area contributed by atoms with Crippen LogP contribution in [0, 0.1) is 0 Å². The van der Waals surface area contributed by atoms with E-state index in [9.17, 15) is 0 Å². The molecule has 0 radical (unpaired) electrons. The lowest BCUT2D eigenvalue weighted by Gasteiger charge is -2.09. The van der Waals surface area contributed by atoms with Crippen LogP contribution >= 0.6 is 11.6 Å². The van der Waals surface area contributed by atoms with Crippen molar-refractivity contribution in [1.82, 2.24) is 14.5 Å². The molecule has 2 heterocycles. The summed E-state index contributed by atoms with van der Waals surface area (Å²) in [6.45, 7) is 6.44. The Kier molecular flexibility index (Phi) is 3.38. The van der Waals surface area contributed by atoms with Gasteiger partial charge >= 0.3 is 0 Å². The van der Waals surface area contributed by atoms with Gasteiger partial charge in [-0.2, -0.15) is 0 Å². The Morgan fingerprint density at radius 1 is 1.35 bits per heavy atom. The molecular formula is C13H18ClN3. The number of aryl methyl sites for hydroxylation is 2. The lowest BCUT2D eigenvalue weighted by Crippen LogP contribution is -2.03. The van der Waals surface area contributed by atoms with Crippen LogP contribution in [0.2, 0.25) is 5.15 Å². The summed E-state index contributed by atoms with van der Waals surface area (Å²) in [6, 6.07) is 1.96. The van der Waals surface area contributed by atoms with Crippen LogP contribution in [-0.2, 0) is 13.5 Å². The number of hydrogen-bond donors (Lipinski definition) is 0. The van der Waals surface area contributed by atoms with E-state index >= 15 is 0 Å². The number of halogens is 1. The highest BCUT2D eigenvalue weighted by Gasteiger charge is 2.15. The fraction of sp³-hybridized carbons (Fsp3) is 0.538. The summed E-state index contributed by atoms with van der Waals surface area (Å²) >= 11 is 6.15. The summed E-state index contributed by atoms with van der Waals surface area (Å²) in [5, 5.41) is 1.79. The Morgan fingerprint density at radius 2 is 2.06 bits per heavy atom.